The lowest BCUT2D eigenvalue weighted by atomic mass is 9.88. The van der Waals surface area contributed by atoms with Crippen molar-refractivity contribution in [3.63, 3.8) is 0 Å². The number of fused-ring (bicyclic) bond motifs is 1. The minimum absolute atomic E-state index is 0.0666. The van der Waals surface area contributed by atoms with Gasteiger partial charge < -0.3 is 11.1 Å². The van der Waals surface area contributed by atoms with Crippen molar-refractivity contribution in [1.29, 1.82) is 0 Å². The number of hydrogen-bond donors (Lipinski definition) is 2. The summed E-state index contributed by atoms with van der Waals surface area (Å²) in [6, 6.07) is 0. The largest absolute Gasteiger partial charge is 0.354 e. The summed E-state index contributed by atoms with van der Waals surface area (Å²) in [6.45, 7) is 2.64. The van der Waals surface area contributed by atoms with Crippen molar-refractivity contribution < 1.29 is 4.79 Å². The Morgan fingerprint density at radius 1 is 1.32 bits per heavy atom. The smallest absolute Gasteiger partial charge is 0.229 e. The van der Waals surface area contributed by atoms with Gasteiger partial charge in [-0.1, -0.05) is 25.7 Å². The maximum Gasteiger partial charge on any atom is 0.229 e. The van der Waals surface area contributed by atoms with Gasteiger partial charge in [0.25, 0.3) is 0 Å². The average Bonchev–Trinajstić information content (AvgIpc) is 2.74. The van der Waals surface area contributed by atoms with Crippen molar-refractivity contribution in [1.82, 2.24) is 10.3 Å². The Hall–Kier alpha value is -0.940. The summed E-state index contributed by atoms with van der Waals surface area (Å²) in [5.41, 5.74) is 7.33. The SMILES string of the molecule is Cc1nc2c(s1)CCCC2C(=O)NCC1(N)CCCCCC1. The number of carbonyl (C=O) groups excluding carboxylic acids is 1. The molecule has 0 aliphatic heterocycles. The third-order valence-electron chi connectivity index (χ3n) is 5.09. The summed E-state index contributed by atoms with van der Waals surface area (Å²) in [7, 11) is 0. The van der Waals surface area contributed by atoms with E-state index in [0.717, 1.165) is 42.8 Å². The first-order chi connectivity index (χ1) is 10.6. The lowest BCUT2D eigenvalue weighted by Crippen LogP contribution is -2.50. The lowest BCUT2D eigenvalue weighted by Gasteiger charge is -2.29. The van der Waals surface area contributed by atoms with E-state index in [1.54, 1.807) is 11.3 Å². The quantitative estimate of drug-likeness (QED) is 0.841. The highest BCUT2D eigenvalue weighted by Gasteiger charge is 2.32. The molecule has 0 bridgehead atoms. The Balaban J connectivity index is 1.63. The Morgan fingerprint density at radius 3 is 2.77 bits per heavy atom. The van der Waals surface area contributed by atoms with Gasteiger partial charge in [-0.05, 0) is 39.0 Å². The van der Waals surface area contributed by atoms with E-state index < -0.39 is 0 Å². The Morgan fingerprint density at radius 2 is 2.05 bits per heavy atom. The van der Waals surface area contributed by atoms with Gasteiger partial charge in [0.2, 0.25) is 5.91 Å². The van der Waals surface area contributed by atoms with Gasteiger partial charge >= 0.3 is 0 Å². The first kappa shape index (κ1) is 15.9. The summed E-state index contributed by atoms with van der Waals surface area (Å²) in [5.74, 6) is 0.0587. The maximum atomic E-state index is 12.6. The van der Waals surface area contributed by atoms with Gasteiger partial charge in [0.1, 0.15) is 0 Å². The zero-order valence-electron chi connectivity index (χ0n) is 13.5. The van der Waals surface area contributed by atoms with Gasteiger partial charge in [0, 0.05) is 17.0 Å². The van der Waals surface area contributed by atoms with Crippen LogP contribution in [0.15, 0.2) is 0 Å². The second-order valence-electron chi connectivity index (χ2n) is 6.98. The Labute approximate surface area is 136 Å². The Kier molecular flexibility index (Phi) is 4.83. The van der Waals surface area contributed by atoms with Crippen molar-refractivity contribution in [2.75, 3.05) is 6.54 Å². The van der Waals surface area contributed by atoms with Crippen LogP contribution in [0.4, 0.5) is 0 Å². The fraction of sp³-hybridized carbons (Fsp3) is 0.765. The molecule has 1 saturated carbocycles. The molecule has 2 aliphatic carbocycles. The summed E-state index contributed by atoms with van der Waals surface area (Å²) >= 11 is 1.74. The zero-order valence-corrected chi connectivity index (χ0v) is 14.3. The van der Waals surface area contributed by atoms with Crippen LogP contribution in [0.1, 0.15) is 72.9 Å². The molecule has 0 aromatic carbocycles. The highest BCUT2D eigenvalue weighted by Crippen LogP contribution is 2.35. The number of aryl methyl sites for hydroxylation is 2. The van der Waals surface area contributed by atoms with Gasteiger partial charge in [-0.2, -0.15) is 0 Å². The predicted octanol–water partition coefficient (Wildman–Crippen LogP) is 3.04. The van der Waals surface area contributed by atoms with Crippen molar-refractivity contribution >= 4 is 17.2 Å². The third-order valence-corrected chi connectivity index (χ3v) is 6.14. The zero-order chi connectivity index (χ0) is 15.6. The van der Waals surface area contributed by atoms with E-state index in [9.17, 15) is 4.79 Å². The van der Waals surface area contributed by atoms with Crippen LogP contribution in [0.25, 0.3) is 0 Å². The number of nitrogens with one attached hydrogen (secondary N) is 1. The summed E-state index contributed by atoms with van der Waals surface area (Å²) < 4.78 is 0. The highest BCUT2D eigenvalue weighted by atomic mass is 32.1. The molecule has 0 spiro atoms. The molecule has 1 aromatic rings. The van der Waals surface area contributed by atoms with Crippen molar-refractivity contribution in [3.05, 3.63) is 15.6 Å². The van der Waals surface area contributed by atoms with E-state index in [1.165, 1.54) is 30.6 Å². The molecule has 22 heavy (non-hydrogen) atoms. The van der Waals surface area contributed by atoms with Crippen molar-refractivity contribution in [3.8, 4) is 0 Å². The van der Waals surface area contributed by atoms with Crippen LogP contribution in [0.2, 0.25) is 0 Å². The molecule has 1 aromatic heterocycles. The fourth-order valence-electron chi connectivity index (χ4n) is 3.79. The second-order valence-corrected chi connectivity index (χ2v) is 8.27. The number of carbonyl (C=O) groups is 1. The molecular formula is C17H27N3OS. The second kappa shape index (κ2) is 6.67. The Bertz CT molecular complexity index is 532. The number of nitrogens with two attached hydrogens (primary N) is 1. The van der Waals surface area contributed by atoms with Crippen LogP contribution >= 0.6 is 11.3 Å². The molecule has 1 heterocycles. The summed E-state index contributed by atoms with van der Waals surface area (Å²) in [5, 5.41) is 4.21. The molecule has 1 unspecified atom stereocenters. The van der Waals surface area contributed by atoms with Gasteiger partial charge in [0.05, 0.1) is 16.6 Å². The molecule has 0 radical (unpaired) electrons. The monoisotopic (exact) mass is 321 g/mol. The van der Waals surface area contributed by atoms with Crippen LogP contribution < -0.4 is 11.1 Å². The normalized spacial score (nSPS) is 24.4. The van der Waals surface area contributed by atoms with E-state index in [4.69, 9.17) is 5.73 Å². The number of nitrogens with zero attached hydrogens (tertiary/aromatic N) is 1. The fourth-order valence-corrected chi connectivity index (χ4v) is 4.83. The maximum absolute atomic E-state index is 12.6. The molecular weight excluding hydrogens is 294 g/mol. The van der Waals surface area contributed by atoms with Gasteiger partial charge in [-0.3, -0.25) is 4.79 Å². The van der Waals surface area contributed by atoms with Gasteiger partial charge in [-0.15, -0.1) is 11.3 Å². The number of rotatable bonds is 3. The number of aromatic nitrogens is 1. The molecule has 3 N–H and O–H groups in total. The van der Waals surface area contributed by atoms with Gasteiger partial charge in [0.15, 0.2) is 0 Å². The van der Waals surface area contributed by atoms with Gasteiger partial charge in [-0.25, -0.2) is 4.98 Å². The summed E-state index contributed by atoms with van der Waals surface area (Å²) in [4.78, 5) is 18.6. The first-order valence-electron chi connectivity index (χ1n) is 8.60. The lowest BCUT2D eigenvalue weighted by molar-refractivity contribution is -0.123. The average molecular weight is 321 g/mol. The minimum Gasteiger partial charge on any atom is -0.354 e. The van der Waals surface area contributed by atoms with Crippen LogP contribution in [-0.4, -0.2) is 23.0 Å². The third kappa shape index (κ3) is 3.51. The number of amides is 1. The number of thiazole rings is 1. The molecule has 122 valence electrons. The van der Waals surface area contributed by atoms with Crippen LogP contribution in [0.5, 0.6) is 0 Å². The molecule has 1 fully saturated rings. The van der Waals surface area contributed by atoms with E-state index in [2.05, 4.69) is 10.3 Å². The minimum atomic E-state index is -0.207. The molecule has 2 aliphatic rings. The molecule has 3 rings (SSSR count). The first-order valence-corrected chi connectivity index (χ1v) is 9.42. The molecule has 4 nitrogen and oxygen atoms in total. The molecule has 1 amide bonds. The van der Waals surface area contributed by atoms with E-state index in [0.29, 0.717) is 6.54 Å². The number of hydrogen-bond acceptors (Lipinski definition) is 4. The summed E-state index contributed by atoms with van der Waals surface area (Å²) in [6.07, 6.45) is 10.0. The topological polar surface area (TPSA) is 68.0 Å². The predicted molar refractivity (Wildman–Crippen MR) is 90.2 cm³/mol. The molecule has 1 atom stereocenters. The van der Waals surface area contributed by atoms with Crippen LogP contribution in [-0.2, 0) is 11.2 Å². The van der Waals surface area contributed by atoms with Crippen molar-refractivity contribution in [2.45, 2.75) is 76.2 Å². The van der Waals surface area contributed by atoms with Crippen molar-refractivity contribution in [2.24, 2.45) is 5.73 Å². The standard InChI is InChI=1S/C17H27N3OS/c1-12-20-15-13(7-6-8-14(15)22-12)16(21)19-11-17(18)9-4-2-3-5-10-17/h13H,2-11,18H2,1H3,(H,19,21). The highest BCUT2D eigenvalue weighted by molar-refractivity contribution is 7.11. The van der Waals surface area contributed by atoms with E-state index in [1.807, 2.05) is 6.92 Å². The van der Waals surface area contributed by atoms with E-state index >= 15 is 0 Å². The van der Waals surface area contributed by atoms with Crippen LogP contribution in [0, 0.1) is 6.92 Å². The van der Waals surface area contributed by atoms with E-state index in [-0.39, 0.29) is 17.4 Å². The van der Waals surface area contributed by atoms with Crippen LogP contribution in [0.3, 0.4) is 0 Å². The molecule has 0 saturated heterocycles. The molecule has 5 heteroatoms.